The summed E-state index contributed by atoms with van der Waals surface area (Å²) in [6.45, 7) is 10.0. The largest absolute Gasteiger partial charge is 0.465 e. The van der Waals surface area contributed by atoms with Crippen LogP contribution in [0.3, 0.4) is 0 Å². The number of carbonyl (C=O) groups is 4. The molecular weight excluding hydrogens is 288 g/mol. The molecule has 22 heavy (non-hydrogen) atoms. The standard InChI is InChI=1S/C16H26O6/c1-10(2)15(22-14(20)8-12(4)18)16(5,6)9-21-13(19)7-11(3)17/h10,15H,7-9H2,1-6H3. The molecule has 6 heteroatoms. The van der Waals surface area contributed by atoms with Crippen LogP contribution in [0.15, 0.2) is 0 Å². The second-order valence-electron chi connectivity index (χ2n) is 6.56. The van der Waals surface area contributed by atoms with E-state index in [1.807, 2.05) is 13.8 Å². The molecule has 0 saturated carbocycles. The van der Waals surface area contributed by atoms with Crippen LogP contribution in [0.25, 0.3) is 0 Å². The molecule has 0 saturated heterocycles. The molecule has 0 aliphatic carbocycles. The molecule has 0 spiro atoms. The molecule has 126 valence electrons. The summed E-state index contributed by atoms with van der Waals surface area (Å²) in [6.07, 6.45) is -1.06. The maximum atomic E-state index is 11.7. The van der Waals surface area contributed by atoms with Gasteiger partial charge in [0.2, 0.25) is 0 Å². The highest BCUT2D eigenvalue weighted by atomic mass is 16.6. The van der Waals surface area contributed by atoms with Gasteiger partial charge in [0.05, 0.1) is 6.61 Å². The van der Waals surface area contributed by atoms with E-state index in [1.54, 1.807) is 13.8 Å². The Hall–Kier alpha value is -1.72. The summed E-state index contributed by atoms with van der Waals surface area (Å²) in [6, 6.07) is 0. The Balaban J connectivity index is 4.76. The number of carbonyl (C=O) groups excluding carboxylic acids is 4. The molecule has 0 N–H and O–H groups in total. The molecule has 0 radical (unpaired) electrons. The van der Waals surface area contributed by atoms with Crippen molar-refractivity contribution in [2.24, 2.45) is 11.3 Å². The normalized spacial score (nSPS) is 12.7. The molecule has 0 fully saturated rings. The predicted molar refractivity (Wildman–Crippen MR) is 80.1 cm³/mol. The smallest absolute Gasteiger partial charge is 0.313 e. The first-order valence-corrected chi connectivity index (χ1v) is 7.29. The van der Waals surface area contributed by atoms with Gasteiger partial charge in [-0.1, -0.05) is 27.7 Å². The van der Waals surface area contributed by atoms with Gasteiger partial charge in [-0.25, -0.2) is 0 Å². The Morgan fingerprint density at radius 1 is 0.909 bits per heavy atom. The van der Waals surface area contributed by atoms with Crippen LogP contribution in [0.4, 0.5) is 0 Å². The van der Waals surface area contributed by atoms with Gasteiger partial charge in [0.15, 0.2) is 0 Å². The number of hydrogen-bond acceptors (Lipinski definition) is 6. The first-order valence-electron chi connectivity index (χ1n) is 7.29. The first-order chi connectivity index (χ1) is 9.95. The monoisotopic (exact) mass is 314 g/mol. The van der Waals surface area contributed by atoms with Gasteiger partial charge in [-0.3, -0.25) is 19.2 Å². The first kappa shape index (κ1) is 20.3. The fourth-order valence-electron chi connectivity index (χ4n) is 2.19. The number of Topliss-reactive ketones (excluding diaryl/α,β-unsaturated/α-hetero) is 2. The Bertz CT molecular complexity index is 436. The van der Waals surface area contributed by atoms with Crippen LogP contribution in [0, 0.1) is 11.3 Å². The molecule has 1 unspecified atom stereocenters. The van der Waals surface area contributed by atoms with E-state index in [0.29, 0.717) is 0 Å². The molecule has 6 nitrogen and oxygen atoms in total. The summed E-state index contributed by atoms with van der Waals surface area (Å²) in [4.78, 5) is 45.0. The van der Waals surface area contributed by atoms with Crippen LogP contribution in [0.5, 0.6) is 0 Å². The van der Waals surface area contributed by atoms with Crippen molar-refractivity contribution in [3.8, 4) is 0 Å². The fraction of sp³-hybridized carbons (Fsp3) is 0.750. The summed E-state index contributed by atoms with van der Waals surface area (Å²) in [5, 5.41) is 0. The zero-order valence-electron chi connectivity index (χ0n) is 14.2. The lowest BCUT2D eigenvalue weighted by Crippen LogP contribution is -2.42. The zero-order chi connectivity index (χ0) is 17.5. The van der Waals surface area contributed by atoms with Crippen molar-refractivity contribution in [3.63, 3.8) is 0 Å². The number of hydrogen-bond donors (Lipinski definition) is 0. The number of esters is 2. The van der Waals surface area contributed by atoms with Crippen LogP contribution in [-0.4, -0.2) is 36.2 Å². The topological polar surface area (TPSA) is 86.7 Å². The van der Waals surface area contributed by atoms with E-state index in [4.69, 9.17) is 9.47 Å². The molecule has 0 bridgehead atoms. The Kier molecular flexibility index (Phi) is 7.98. The van der Waals surface area contributed by atoms with Gasteiger partial charge >= 0.3 is 11.9 Å². The second-order valence-corrected chi connectivity index (χ2v) is 6.56. The minimum atomic E-state index is -0.632. The average Bonchev–Trinajstić information content (AvgIpc) is 2.31. The van der Waals surface area contributed by atoms with Crippen molar-refractivity contribution in [2.75, 3.05) is 6.61 Å². The number of rotatable bonds is 9. The van der Waals surface area contributed by atoms with Gasteiger partial charge < -0.3 is 9.47 Å². The van der Waals surface area contributed by atoms with Crippen LogP contribution in [0.1, 0.15) is 54.4 Å². The van der Waals surface area contributed by atoms with Gasteiger partial charge in [0, 0.05) is 5.41 Å². The Morgan fingerprint density at radius 2 is 1.36 bits per heavy atom. The summed E-state index contributed by atoms with van der Waals surface area (Å²) in [5.74, 6) is -1.74. The van der Waals surface area contributed by atoms with Crippen LogP contribution >= 0.6 is 0 Å². The van der Waals surface area contributed by atoms with E-state index in [-0.39, 0.29) is 36.9 Å². The molecule has 0 aromatic carbocycles. The van der Waals surface area contributed by atoms with E-state index in [2.05, 4.69) is 0 Å². The molecule has 0 aliphatic rings. The van der Waals surface area contributed by atoms with E-state index in [9.17, 15) is 19.2 Å². The van der Waals surface area contributed by atoms with Crippen LogP contribution in [0.2, 0.25) is 0 Å². The third kappa shape index (κ3) is 7.90. The average molecular weight is 314 g/mol. The van der Waals surface area contributed by atoms with Crippen LogP contribution in [-0.2, 0) is 28.7 Å². The Morgan fingerprint density at radius 3 is 1.77 bits per heavy atom. The summed E-state index contributed by atoms with van der Waals surface area (Å²) >= 11 is 0. The lowest BCUT2D eigenvalue weighted by Gasteiger charge is -2.35. The molecular formula is C16H26O6. The summed E-state index contributed by atoms with van der Waals surface area (Å²) in [7, 11) is 0. The van der Waals surface area contributed by atoms with Crippen molar-refractivity contribution >= 4 is 23.5 Å². The van der Waals surface area contributed by atoms with E-state index in [1.165, 1.54) is 13.8 Å². The molecule has 0 rings (SSSR count). The fourth-order valence-corrected chi connectivity index (χ4v) is 2.19. The maximum Gasteiger partial charge on any atom is 0.313 e. The third-order valence-electron chi connectivity index (χ3n) is 3.03. The maximum absolute atomic E-state index is 11.7. The van der Waals surface area contributed by atoms with Gasteiger partial charge in [-0.2, -0.15) is 0 Å². The Labute approximate surface area is 131 Å². The minimum Gasteiger partial charge on any atom is -0.465 e. The van der Waals surface area contributed by atoms with Crippen molar-refractivity contribution in [3.05, 3.63) is 0 Å². The highest BCUT2D eigenvalue weighted by Crippen LogP contribution is 2.30. The highest BCUT2D eigenvalue weighted by Gasteiger charge is 2.36. The van der Waals surface area contributed by atoms with Gasteiger partial charge in [-0.15, -0.1) is 0 Å². The minimum absolute atomic E-state index is 0.0163. The van der Waals surface area contributed by atoms with E-state index >= 15 is 0 Å². The third-order valence-corrected chi connectivity index (χ3v) is 3.03. The molecule has 0 heterocycles. The van der Waals surface area contributed by atoms with Gasteiger partial charge in [0.1, 0.15) is 30.5 Å². The molecule has 0 aliphatic heterocycles. The lowest BCUT2D eigenvalue weighted by atomic mass is 9.81. The molecule has 0 amide bonds. The molecule has 0 aromatic rings. The molecule has 0 aromatic heterocycles. The quantitative estimate of drug-likeness (QED) is 0.478. The number of ketones is 2. The van der Waals surface area contributed by atoms with E-state index < -0.39 is 23.5 Å². The summed E-state index contributed by atoms with van der Waals surface area (Å²) in [5.41, 5.74) is -0.632. The second kappa shape index (κ2) is 8.66. The van der Waals surface area contributed by atoms with Crippen molar-refractivity contribution in [2.45, 2.75) is 60.5 Å². The molecule has 1 atom stereocenters. The van der Waals surface area contributed by atoms with Crippen LogP contribution < -0.4 is 0 Å². The SMILES string of the molecule is CC(=O)CC(=O)OCC(C)(C)C(OC(=O)CC(C)=O)C(C)C. The van der Waals surface area contributed by atoms with Crippen molar-refractivity contribution in [1.82, 2.24) is 0 Å². The van der Waals surface area contributed by atoms with E-state index in [0.717, 1.165) is 0 Å². The summed E-state index contributed by atoms with van der Waals surface area (Å²) < 4.78 is 10.5. The van der Waals surface area contributed by atoms with Gasteiger partial charge in [-0.05, 0) is 19.8 Å². The van der Waals surface area contributed by atoms with Crippen molar-refractivity contribution in [1.29, 1.82) is 0 Å². The predicted octanol–water partition coefficient (Wildman–Crippen LogP) is 2.08. The lowest BCUT2D eigenvalue weighted by molar-refractivity contribution is -0.166. The number of ether oxygens (including phenoxy) is 2. The van der Waals surface area contributed by atoms with Crippen molar-refractivity contribution < 1.29 is 28.7 Å². The highest BCUT2D eigenvalue weighted by molar-refractivity contribution is 5.94. The van der Waals surface area contributed by atoms with Gasteiger partial charge in [0.25, 0.3) is 0 Å². The zero-order valence-corrected chi connectivity index (χ0v) is 14.2.